The lowest BCUT2D eigenvalue weighted by atomic mass is 9.69. The fourth-order valence-corrected chi connectivity index (χ4v) is 2.32. The first-order chi connectivity index (χ1) is 8.50. The molecule has 0 fully saturated rings. The van der Waals surface area contributed by atoms with Crippen LogP contribution in [-0.2, 0) is 14.4 Å². The molecule has 0 heterocycles. The third kappa shape index (κ3) is 7.18. The Labute approximate surface area is 117 Å². The van der Waals surface area contributed by atoms with Crippen LogP contribution >= 0.6 is 0 Å². The Morgan fingerprint density at radius 1 is 1.11 bits per heavy atom. The van der Waals surface area contributed by atoms with Gasteiger partial charge in [0.15, 0.2) is 7.85 Å². The molecule has 0 aromatic carbocycles. The summed E-state index contributed by atoms with van der Waals surface area (Å²) < 4.78 is 0. The lowest BCUT2D eigenvalue weighted by Gasteiger charge is -2.33. The Bertz CT molecular complexity index is 365. The number of ketones is 1. The number of hydrogen-bond donors (Lipinski definition) is 1. The van der Waals surface area contributed by atoms with Crippen LogP contribution in [0.4, 0.5) is 0 Å². The first-order valence-electron chi connectivity index (χ1n) is 6.28. The predicted molar refractivity (Wildman–Crippen MR) is 76.1 cm³/mol. The van der Waals surface area contributed by atoms with E-state index in [1.165, 1.54) is 0 Å². The molecule has 19 heavy (non-hydrogen) atoms. The maximum absolute atomic E-state index is 11.7. The highest BCUT2D eigenvalue weighted by atomic mass is 16.2. The van der Waals surface area contributed by atoms with Crippen molar-refractivity contribution in [1.82, 2.24) is 5.32 Å². The van der Waals surface area contributed by atoms with Crippen LogP contribution in [0.5, 0.6) is 0 Å². The number of amides is 1. The summed E-state index contributed by atoms with van der Waals surface area (Å²) >= 11 is 0. The molecule has 0 atom stereocenters. The molecule has 1 amide bonds. The van der Waals surface area contributed by atoms with Gasteiger partial charge in [0.05, 0.1) is 20.1 Å². The number of rotatable bonds is 8. The molecule has 0 saturated carbocycles. The molecule has 4 nitrogen and oxygen atoms in total. The average molecular weight is 261 g/mol. The van der Waals surface area contributed by atoms with Crippen LogP contribution in [0, 0.1) is 10.8 Å². The highest BCUT2D eigenvalue weighted by molar-refractivity contribution is 6.58. The molecular formula is C13H21B2NO3. The standard InChI is InChI=1S/C13H21B2NO3/c1-12(2,5-11(19)16-7-10(15)18)8-13(3,4)9(17)6-14/h5-8H2,1-4H3,(H,16,19). The van der Waals surface area contributed by atoms with Gasteiger partial charge >= 0.3 is 0 Å². The predicted octanol–water partition coefficient (Wildman–Crippen LogP) is 0.786. The summed E-state index contributed by atoms with van der Waals surface area (Å²) in [7, 11) is 10.3. The minimum atomic E-state index is -0.579. The summed E-state index contributed by atoms with van der Waals surface area (Å²) in [6.45, 7) is 7.29. The number of Topliss-reactive ketones (excluding diaryl/α,β-unsaturated/α-hetero) is 1. The summed E-state index contributed by atoms with van der Waals surface area (Å²) in [5.41, 5.74) is -1.51. The lowest BCUT2D eigenvalue weighted by molar-refractivity contribution is -0.129. The Kier molecular flexibility index (Phi) is 6.53. The second kappa shape index (κ2) is 6.92. The Balaban J connectivity index is 4.50. The van der Waals surface area contributed by atoms with Gasteiger partial charge in [0, 0.05) is 11.8 Å². The molecule has 6 heteroatoms. The zero-order valence-electron chi connectivity index (χ0n) is 12.2. The van der Waals surface area contributed by atoms with E-state index in [0.29, 0.717) is 6.42 Å². The van der Waals surface area contributed by atoms with E-state index in [0.717, 1.165) is 0 Å². The van der Waals surface area contributed by atoms with Crippen molar-refractivity contribution in [3.8, 4) is 0 Å². The van der Waals surface area contributed by atoms with Gasteiger partial charge in [-0.3, -0.25) is 9.59 Å². The fraction of sp³-hybridized carbons (Fsp3) is 0.769. The zero-order chi connectivity index (χ0) is 15.3. The van der Waals surface area contributed by atoms with E-state index in [2.05, 4.69) is 5.32 Å². The van der Waals surface area contributed by atoms with Crippen LogP contribution in [0.2, 0.25) is 6.32 Å². The first-order valence-corrected chi connectivity index (χ1v) is 6.28. The Hall–Kier alpha value is -1.06. The van der Waals surface area contributed by atoms with E-state index in [-0.39, 0.29) is 36.4 Å². The molecule has 0 aliphatic carbocycles. The molecule has 1 N–H and O–H groups in total. The molecule has 4 radical (unpaired) electrons. The van der Waals surface area contributed by atoms with Crippen molar-refractivity contribution >= 4 is 33.1 Å². The molecule has 0 unspecified atom stereocenters. The Morgan fingerprint density at radius 2 is 1.63 bits per heavy atom. The van der Waals surface area contributed by atoms with Gasteiger partial charge in [-0.1, -0.05) is 27.7 Å². The van der Waals surface area contributed by atoms with E-state index in [1.807, 2.05) is 27.7 Å². The van der Waals surface area contributed by atoms with Crippen molar-refractivity contribution in [3.05, 3.63) is 0 Å². The van der Waals surface area contributed by atoms with Gasteiger partial charge in [0.1, 0.15) is 5.78 Å². The highest BCUT2D eigenvalue weighted by Crippen LogP contribution is 2.37. The number of carbonyl (C=O) groups is 3. The normalized spacial score (nSPS) is 12.0. The van der Waals surface area contributed by atoms with Gasteiger partial charge in [-0.05, 0) is 18.2 Å². The molecule has 0 spiro atoms. The molecule has 0 aromatic rings. The van der Waals surface area contributed by atoms with Gasteiger partial charge in [-0.2, -0.15) is 0 Å². The smallest absolute Gasteiger partial charge is 0.220 e. The summed E-state index contributed by atoms with van der Waals surface area (Å²) in [4.78, 5) is 34.0. The molecule has 102 valence electrons. The molecule has 0 aliphatic rings. The third-order valence-corrected chi connectivity index (χ3v) is 2.96. The van der Waals surface area contributed by atoms with Crippen LogP contribution in [0.15, 0.2) is 0 Å². The summed E-state index contributed by atoms with van der Waals surface area (Å²) in [5, 5.41) is 2.44. The van der Waals surface area contributed by atoms with Crippen LogP contribution in [-0.4, -0.2) is 39.6 Å². The quantitative estimate of drug-likeness (QED) is 0.657. The zero-order valence-corrected chi connectivity index (χ0v) is 12.2. The van der Waals surface area contributed by atoms with E-state index in [1.54, 1.807) is 0 Å². The van der Waals surface area contributed by atoms with Gasteiger partial charge in [0.25, 0.3) is 0 Å². The summed E-state index contributed by atoms with van der Waals surface area (Å²) in [6.07, 6.45) is 0.762. The van der Waals surface area contributed by atoms with E-state index < -0.39 is 11.1 Å². The second-order valence-corrected chi connectivity index (χ2v) is 6.27. The molecule has 0 saturated heterocycles. The first kappa shape index (κ1) is 17.9. The van der Waals surface area contributed by atoms with Crippen LogP contribution in [0.3, 0.4) is 0 Å². The van der Waals surface area contributed by atoms with E-state index >= 15 is 0 Å². The topological polar surface area (TPSA) is 63.2 Å². The van der Waals surface area contributed by atoms with Crippen LogP contribution < -0.4 is 5.32 Å². The van der Waals surface area contributed by atoms with Crippen molar-refractivity contribution in [2.75, 3.05) is 6.54 Å². The van der Waals surface area contributed by atoms with Gasteiger partial charge < -0.3 is 10.1 Å². The third-order valence-electron chi connectivity index (χ3n) is 2.96. The van der Waals surface area contributed by atoms with Crippen molar-refractivity contribution in [2.45, 2.75) is 46.9 Å². The van der Waals surface area contributed by atoms with E-state index in [9.17, 15) is 14.4 Å². The van der Waals surface area contributed by atoms with Crippen LogP contribution in [0.25, 0.3) is 0 Å². The minimum absolute atomic E-state index is 0.00302. The van der Waals surface area contributed by atoms with E-state index in [4.69, 9.17) is 15.7 Å². The molecule has 0 aliphatic heterocycles. The van der Waals surface area contributed by atoms with Gasteiger partial charge in [0.2, 0.25) is 5.91 Å². The number of hydrogen-bond acceptors (Lipinski definition) is 3. The average Bonchev–Trinajstić information content (AvgIpc) is 2.22. The Morgan fingerprint density at radius 3 is 2.05 bits per heavy atom. The maximum Gasteiger partial charge on any atom is 0.220 e. The molecule has 0 rings (SSSR count). The van der Waals surface area contributed by atoms with Crippen LogP contribution in [0.1, 0.15) is 40.5 Å². The highest BCUT2D eigenvalue weighted by Gasteiger charge is 2.34. The minimum Gasteiger partial charge on any atom is -0.350 e. The lowest BCUT2D eigenvalue weighted by Crippen LogP contribution is -2.36. The molecule has 0 aromatic heterocycles. The fourth-order valence-electron chi connectivity index (χ4n) is 2.32. The number of nitrogens with one attached hydrogen (secondary N) is 1. The largest absolute Gasteiger partial charge is 0.350 e. The van der Waals surface area contributed by atoms with Gasteiger partial charge in [-0.15, -0.1) is 0 Å². The van der Waals surface area contributed by atoms with Crippen molar-refractivity contribution in [2.24, 2.45) is 10.8 Å². The van der Waals surface area contributed by atoms with Crippen molar-refractivity contribution < 1.29 is 14.4 Å². The second-order valence-electron chi connectivity index (χ2n) is 6.27. The van der Waals surface area contributed by atoms with Crippen molar-refractivity contribution in [3.63, 3.8) is 0 Å². The SMILES string of the molecule is [B]CC(=O)C(C)(C)CC(C)(C)CC(=O)NCC([B])=O. The van der Waals surface area contributed by atoms with Gasteiger partial charge in [-0.25, -0.2) is 0 Å². The summed E-state index contributed by atoms with van der Waals surface area (Å²) in [6, 6.07) is 0. The molecular weight excluding hydrogens is 240 g/mol. The maximum atomic E-state index is 11.7. The molecule has 0 bridgehead atoms. The number of carbonyl (C=O) groups excluding carboxylic acids is 3. The monoisotopic (exact) mass is 261 g/mol. The van der Waals surface area contributed by atoms with Crippen molar-refractivity contribution in [1.29, 1.82) is 0 Å². The summed E-state index contributed by atoms with van der Waals surface area (Å²) in [5.74, 6) is -0.280.